The van der Waals surface area contributed by atoms with Crippen molar-refractivity contribution < 1.29 is 13.2 Å². The zero-order valence-corrected chi connectivity index (χ0v) is 28.5. The van der Waals surface area contributed by atoms with E-state index in [1.165, 1.54) is 10.6 Å². The Bertz CT molecular complexity index is 2050. The number of piperidine rings is 1. The van der Waals surface area contributed by atoms with Gasteiger partial charge in [0.1, 0.15) is 17.5 Å². The van der Waals surface area contributed by atoms with Crippen molar-refractivity contribution in [3.63, 3.8) is 0 Å². The Morgan fingerprint density at radius 1 is 1.04 bits per heavy atom. The van der Waals surface area contributed by atoms with Gasteiger partial charge in [0, 0.05) is 62.1 Å². The summed E-state index contributed by atoms with van der Waals surface area (Å²) in [7, 11) is 0.553. The van der Waals surface area contributed by atoms with E-state index in [1.54, 1.807) is 27.5 Å². The van der Waals surface area contributed by atoms with Crippen LogP contribution in [-0.2, 0) is 10.0 Å². The summed E-state index contributed by atoms with van der Waals surface area (Å²) in [6, 6.07) is 9.21. The zero-order valence-electron chi connectivity index (χ0n) is 27.6. The van der Waals surface area contributed by atoms with Crippen molar-refractivity contribution >= 4 is 38.7 Å². The first kappa shape index (κ1) is 32.0. The minimum absolute atomic E-state index is 0.178. The molecule has 1 unspecified atom stereocenters. The summed E-state index contributed by atoms with van der Waals surface area (Å²) in [5.74, 6) is 1.67. The van der Waals surface area contributed by atoms with Crippen molar-refractivity contribution in [2.24, 2.45) is 5.10 Å². The second-order valence-corrected chi connectivity index (χ2v) is 14.7. The van der Waals surface area contributed by atoms with Crippen LogP contribution in [0.4, 0.5) is 11.6 Å². The number of nitrogens with one attached hydrogen (secondary N) is 3. The molecule has 48 heavy (non-hydrogen) atoms. The van der Waals surface area contributed by atoms with Gasteiger partial charge in [-0.05, 0) is 70.5 Å². The molecule has 17 heteroatoms. The molecule has 6 heterocycles. The fourth-order valence-corrected chi connectivity index (χ4v) is 7.63. The van der Waals surface area contributed by atoms with Crippen LogP contribution in [0.5, 0.6) is 5.75 Å². The summed E-state index contributed by atoms with van der Waals surface area (Å²) < 4.78 is 35.6. The minimum atomic E-state index is -3.35. The Morgan fingerprint density at radius 2 is 1.79 bits per heavy atom. The van der Waals surface area contributed by atoms with E-state index in [0.717, 1.165) is 36.6 Å². The molecule has 0 bridgehead atoms. The van der Waals surface area contributed by atoms with Crippen LogP contribution in [0.2, 0.25) is 0 Å². The number of ether oxygens (including phenoxy) is 1. The van der Waals surface area contributed by atoms with Crippen LogP contribution in [0.1, 0.15) is 36.7 Å². The van der Waals surface area contributed by atoms with Crippen molar-refractivity contribution in [3.8, 4) is 16.9 Å². The molecule has 4 aromatic rings. The Labute approximate surface area is 278 Å². The van der Waals surface area contributed by atoms with Crippen molar-refractivity contribution in [3.05, 3.63) is 58.3 Å². The number of aryl methyl sites for hydroxylation is 1. The molecular weight excluding hydrogens is 636 g/mol. The summed E-state index contributed by atoms with van der Waals surface area (Å²) in [4.78, 5) is 26.3. The number of benzene rings is 1. The predicted molar refractivity (Wildman–Crippen MR) is 182 cm³/mol. The number of pyridine rings is 1. The van der Waals surface area contributed by atoms with E-state index < -0.39 is 10.0 Å². The SMILES string of the molecule is Cc1nn(C2=NNNN2C)c(C)c1-c1cc2cnc(Nc3ccc(OC4CCN(C)C4)cc3)nc2n(C2CCN(S(C)(=O)=O)CC2)c1=O. The number of hydrogen-bond acceptors (Lipinski definition) is 13. The normalized spacial score (nSPS) is 19.6. The van der Waals surface area contributed by atoms with Crippen LogP contribution in [-0.4, -0.2) is 106 Å². The minimum Gasteiger partial charge on any atom is -0.489 e. The average Bonchev–Trinajstić information content (AvgIpc) is 3.75. The van der Waals surface area contributed by atoms with E-state index in [1.807, 2.05) is 44.2 Å². The maximum absolute atomic E-state index is 14.6. The quantitative estimate of drug-likeness (QED) is 0.260. The molecule has 0 aliphatic carbocycles. The van der Waals surface area contributed by atoms with Crippen molar-refractivity contribution in [1.82, 2.24) is 49.6 Å². The molecular formula is C31H40N12O4S. The van der Waals surface area contributed by atoms with Gasteiger partial charge in [-0.3, -0.25) is 14.4 Å². The van der Waals surface area contributed by atoms with Gasteiger partial charge < -0.3 is 15.0 Å². The molecule has 3 aromatic heterocycles. The number of anilines is 2. The van der Waals surface area contributed by atoms with Crippen LogP contribution in [0.25, 0.3) is 22.2 Å². The highest BCUT2D eigenvalue weighted by molar-refractivity contribution is 7.88. The lowest BCUT2D eigenvalue weighted by Gasteiger charge is -2.32. The topological polar surface area (TPSA) is 167 Å². The van der Waals surface area contributed by atoms with E-state index in [-0.39, 0.29) is 17.7 Å². The van der Waals surface area contributed by atoms with E-state index in [9.17, 15) is 13.2 Å². The van der Waals surface area contributed by atoms with Crippen LogP contribution in [0.15, 0.2) is 46.4 Å². The standard InChI is InChI=1S/C31H40N12O4S/c1-19-27(20(2)43(36-19)31-35-37-38-40(31)4)26-16-21-17-32-30(33-22-6-8-24(9-7-22)47-25-12-13-39(3)18-25)34-28(21)42(29(26)44)23-10-14-41(15-11-23)48(5,45)46/h6-9,16-17,23,25,37-38H,10-15,18H2,1-5H3,(H,32,33,34). The fourth-order valence-electron chi connectivity index (χ4n) is 6.75. The van der Waals surface area contributed by atoms with Crippen LogP contribution >= 0.6 is 0 Å². The molecule has 254 valence electrons. The molecule has 2 fully saturated rings. The van der Waals surface area contributed by atoms with Crippen LogP contribution < -0.4 is 26.7 Å². The number of hydrogen-bond donors (Lipinski definition) is 3. The van der Waals surface area contributed by atoms with E-state index in [2.05, 4.69) is 38.4 Å². The van der Waals surface area contributed by atoms with Crippen molar-refractivity contribution in [2.75, 3.05) is 51.8 Å². The average molecular weight is 677 g/mol. The highest BCUT2D eigenvalue weighted by Crippen LogP contribution is 2.31. The monoisotopic (exact) mass is 676 g/mol. The van der Waals surface area contributed by atoms with Crippen molar-refractivity contribution in [1.29, 1.82) is 0 Å². The van der Waals surface area contributed by atoms with Gasteiger partial charge in [0.15, 0.2) is 0 Å². The Hall–Kier alpha value is -4.58. The number of likely N-dealkylation sites (tertiary alicyclic amines) is 1. The van der Waals surface area contributed by atoms with Crippen LogP contribution in [0, 0.1) is 13.8 Å². The molecule has 0 radical (unpaired) electrons. The molecule has 3 N–H and O–H groups in total. The molecule has 3 aliphatic heterocycles. The molecule has 7 rings (SSSR count). The van der Waals surface area contributed by atoms with Gasteiger partial charge in [-0.25, -0.2) is 27.9 Å². The number of aromatic nitrogens is 5. The summed E-state index contributed by atoms with van der Waals surface area (Å²) in [5.41, 5.74) is 9.19. The molecule has 3 aliphatic rings. The maximum Gasteiger partial charge on any atom is 0.261 e. The third-order valence-corrected chi connectivity index (χ3v) is 10.5. The van der Waals surface area contributed by atoms with Gasteiger partial charge in [-0.2, -0.15) is 10.1 Å². The van der Waals surface area contributed by atoms with E-state index >= 15 is 0 Å². The number of rotatable bonds is 7. The second-order valence-electron chi connectivity index (χ2n) is 12.7. The summed E-state index contributed by atoms with van der Waals surface area (Å²) in [5, 5.41) is 14.6. The molecule has 0 spiro atoms. The van der Waals surface area contributed by atoms with Gasteiger partial charge in [0.05, 0.1) is 23.2 Å². The number of likely N-dealkylation sites (N-methyl/N-ethyl adjacent to an activating group) is 1. The van der Waals surface area contributed by atoms with Gasteiger partial charge >= 0.3 is 0 Å². The molecule has 0 saturated carbocycles. The highest BCUT2D eigenvalue weighted by Gasteiger charge is 2.30. The smallest absolute Gasteiger partial charge is 0.261 e. The molecule has 1 aromatic carbocycles. The lowest BCUT2D eigenvalue weighted by Crippen LogP contribution is -2.40. The number of fused-ring (bicyclic) bond motifs is 1. The zero-order chi connectivity index (χ0) is 33.7. The van der Waals surface area contributed by atoms with E-state index in [4.69, 9.17) is 14.8 Å². The predicted octanol–water partition coefficient (Wildman–Crippen LogP) is 1.77. The van der Waals surface area contributed by atoms with Gasteiger partial charge in [0.2, 0.25) is 16.0 Å². The number of hydrazine groups is 2. The first-order chi connectivity index (χ1) is 23.0. The fraction of sp³-hybridized carbons (Fsp3) is 0.452. The van der Waals surface area contributed by atoms with E-state index in [0.29, 0.717) is 65.7 Å². The number of sulfonamides is 1. The Balaban J connectivity index is 1.26. The lowest BCUT2D eigenvalue weighted by molar-refractivity contribution is 0.208. The maximum atomic E-state index is 14.6. The molecule has 2 saturated heterocycles. The first-order valence-corrected chi connectivity index (χ1v) is 17.8. The molecule has 16 nitrogen and oxygen atoms in total. The largest absolute Gasteiger partial charge is 0.489 e. The second kappa shape index (κ2) is 12.5. The summed E-state index contributed by atoms with van der Waals surface area (Å²) in [6.45, 7) is 6.31. The summed E-state index contributed by atoms with van der Waals surface area (Å²) >= 11 is 0. The number of hydrazone groups is 1. The Morgan fingerprint density at radius 3 is 2.44 bits per heavy atom. The first-order valence-electron chi connectivity index (χ1n) is 15.9. The van der Waals surface area contributed by atoms with Gasteiger partial charge in [0.25, 0.3) is 11.5 Å². The number of nitrogens with zero attached hydrogens (tertiary/aromatic N) is 9. The van der Waals surface area contributed by atoms with Crippen LogP contribution in [0.3, 0.4) is 0 Å². The summed E-state index contributed by atoms with van der Waals surface area (Å²) in [6.07, 6.45) is 5.03. The highest BCUT2D eigenvalue weighted by atomic mass is 32.2. The lowest BCUT2D eigenvalue weighted by atomic mass is 10.0. The molecule has 1 atom stereocenters. The van der Waals surface area contributed by atoms with Gasteiger partial charge in [-0.1, -0.05) is 0 Å². The third kappa shape index (κ3) is 6.09. The van der Waals surface area contributed by atoms with Crippen molar-refractivity contribution in [2.45, 2.75) is 45.3 Å². The Kier molecular flexibility index (Phi) is 8.31. The van der Waals surface area contributed by atoms with Gasteiger partial charge in [-0.15, -0.1) is 10.6 Å². The molecule has 0 amide bonds. The third-order valence-electron chi connectivity index (χ3n) is 9.22.